The van der Waals surface area contributed by atoms with Gasteiger partial charge in [-0.3, -0.25) is 9.79 Å². The third kappa shape index (κ3) is 4.36. The maximum absolute atomic E-state index is 12.4. The number of carbonyl (C=O) groups is 1. The van der Waals surface area contributed by atoms with Crippen LogP contribution in [0.4, 0.5) is 0 Å². The van der Waals surface area contributed by atoms with Crippen LogP contribution >= 0.6 is 12.4 Å². The summed E-state index contributed by atoms with van der Waals surface area (Å²) in [5, 5.41) is 3.26. The van der Waals surface area contributed by atoms with Crippen molar-refractivity contribution in [3.63, 3.8) is 0 Å². The summed E-state index contributed by atoms with van der Waals surface area (Å²) in [7, 11) is 1.63. The predicted octanol–water partition coefficient (Wildman–Crippen LogP) is 2.82. The highest BCUT2D eigenvalue weighted by molar-refractivity contribution is 6.00. The van der Waals surface area contributed by atoms with E-state index in [1.54, 1.807) is 7.11 Å². The monoisotopic (exact) mass is 344 g/mol. The van der Waals surface area contributed by atoms with E-state index in [0.29, 0.717) is 12.8 Å². The molecule has 5 heteroatoms. The molecule has 0 aliphatic carbocycles. The van der Waals surface area contributed by atoms with Crippen molar-refractivity contribution in [1.29, 1.82) is 0 Å². The Balaban J connectivity index is 0.00000208. The number of nitrogens with zero attached hydrogens (tertiary/aromatic N) is 1. The lowest BCUT2D eigenvalue weighted by atomic mass is 10.0. The summed E-state index contributed by atoms with van der Waals surface area (Å²) in [6, 6.07) is 15.7. The van der Waals surface area contributed by atoms with Crippen LogP contribution in [0.2, 0.25) is 0 Å². The normalized spacial score (nSPS) is 12.8. The van der Waals surface area contributed by atoms with Crippen molar-refractivity contribution in [2.75, 3.05) is 20.2 Å². The Hall–Kier alpha value is -2.33. The molecule has 0 saturated carbocycles. The molecule has 1 aliphatic rings. The Morgan fingerprint density at radius 2 is 2.00 bits per heavy atom. The van der Waals surface area contributed by atoms with Crippen molar-refractivity contribution >= 4 is 24.0 Å². The number of aliphatic imine (C=N–C) groups is 1. The largest absolute Gasteiger partial charge is 0.496 e. The molecule has 0 fully saturated rings. The number of ether oxygens (including phenoxy) is 1. The Kier molecular flexibility index (Phi) is 6.38. The summed E-state index contributed by atoms with van der Waals surface area (Å²) in [6.07, 6.45) is 0.798. The fourth-order valence-electron chi connectivity index (χ4n) is 2.77. The molecule has 1 N–H and O–H groups in total. The SMILES string of the molecule is COc1ccccc1CC(=O)Cc1cccc(C2=NCCN2)c1.Cl. The molecule has 0 spiro atoms. The maximum atomic E-state index is 12.4. The number of rotatable bonds is 6. The molecule has 0 radical (unpaired) electrons. The first-order valence-corrected chi connectivity index (χ1v) is 7.77. The topological polar surface area (TPSA) is 50.7 Å². The van der Waals surface area contributed by atoms with Crippen LogP contribution in [-0.2, 0) is 17.6 Å². The van der Waals surface area contributed by atoms with E-state index in [2.05, 4.69) is 10.3 Å². The van der Waals surface area contributed by atoms with Crippen molar-refractivity contribution in [3.05, 3.63) is 65.2 Å². The zero-order valence-corrected chi connectivity index (χ0v) is 14.4. The summed E-state index contributed by atoms with van der Waals surface area (Å²) in [5.41, 5.74) is 2.99. The van der Waals surface area contributed by atoms with Gasteiger partial charge in [-0.15, -0.1) is 12.4 Å². The van der Waals surface area contributed by atoms with Gasteiger partial charge in [0.25, 0.3) is 0 Å². The predicted molar refractivity (Wildman–Crippen MR) is 98.5 cm³/mol. The molecular weight excluding hydrogens is 324 g/mol. The minimum Gasteiger partial charge on any atom is -0.496 e. The summed E-state index contributed by atoms with van der Waals surface area (Å²) in [6.45, 7) is 1.69. The van der Waals surface area contributed by atoms with E-state index < -0.39 is 0 Å². The van der Waals surface area contributed by atoms with Crippen LogP contribution < -0.4 is 10.1 Å². The second kappa shape index (κ2) is 8.50. The summed E-state index contributed by atoms with van der Waals surface area (Å²) >= 11 is 0. The molecule has 126 valence electrons. The van der Waals surface area contributed by atoms with Gasteiger partial charge >= 0.3 is 0 Å². The fraction of sp³-hybridized carbons (Fsp3) is 0.263. The standard InChI is InChI=1S/C19H20N2O2.ClH/c1-23-18-8-3-2-6-15(18)13-17(22)12-14-5-4-7-16(11-14)19-20-9-10-21-19;/h2-8,11H,9-10,12-13H2,1H3,(H,20,21);1H. The average molecular weight is 345 g/mol. The number of ketones is 1. The third-order valence-corrected chi connectivity index (χ3v) is 3.86. The summed E-state index contributed by atoms with van der Waals surface area (Å²) in [5.74, 6) is 1.86. The van der Waals surface area contributed by atoms with E-state index in [-0.39, 0.29) is 18.2 Å². The van der Waals surface area contributed by atoms with Crippen LogP contribution in [0, 0.1) is 0 Å². The number of halogens is 1. The van der Waals surface area contributed by atoms with Crippen LogP contribution in [0.25, 0.3) is 0 Å². The molecule has 0 saturated heterocycles. The van der Waals surface area contributed by atoms with Gasteiger partial charge in [-0.25, -0.2) is 0 Å². The van der Waals surface area contributed by atoms with E-state index in [1.165, 1.54) is 0 Å². The van der Waals surface area contributed by atoms with Crippen molar-refractivity contribution in [2.24, 2.45) is 4.99 Å². The smallest absolute Gasteiger partial charge is 0.141 e. The number of carbonyl (C=O) groups excluding carboxylic acids is 1. The second-order valence-corrected chi connectivity index (χ2v) is 5.56. The van der Waals surface area contributed by atoms with Gasteiger partial charge in [0.05, 0.1) is 13.7 Å². The lowest BCUT2D eigenvalue weighted by molar-refractivity contribution is -0.117. The van der Waals surface area contributed by atoms with Gasteiger partial charge in [0, 0.05) is 30.5 Å². The first-order chi connectivity index (χ1) is 11.3. The van der Waals surface area contributed by atoms with Crippen LogP contribution in [0.15, 0.2) is 53.5 Å². The molecule has 0 atom stereocenters. The molecule has 1 aliphatic heterocycles. The van der Waals surface area contributed by atoms with Gasteiger partial charge in [-0.1, -0.05) is 36.4 Å². The molecule has 1 heterocycles. The number of methoxy groups -OCH3 is 1. The van der Waals surface area contributed by atoms with E-state index >= 15 is 0 Å². The van der Waals surface area contributed by atoms with Gasteiger partial charge in [0.2, 0.25) is 0 Å². The first kappa shape index (κ1) is 18.0. The van der Waals surface area contributed by atoms with E-state index in [1.807, 2.05) is 48.5 Å². The van der Waals surface area contributed by atoms with Crippen LogP contribution in [0.5, 0.6) is 5.75 Å². The number of Topliss-reactive ketones (excluding diaryl/α,β-unsaturated/α-hetero) is 1. The maximum Gasteiger partial charge on any atom is 0.141 e. The molecular formula is C19H21ClN2O2. The van der Waals surface area contributed by atoms with Crippen LogP contribution in [0.3, 0.4) is 0 Å². The number of hydrogen-bond acceptors (Lipinski definition) is 4. The van der Waals surface area contributed by atoms with Gasteiger partial charge in [0.1, 0.15) is 17.4 Å². The van der Waals surface area contributed by atoms with E-state index in [0.717, 1.165) is 41.4 Å². The minimum absolute atomic E-state index is 0. The van der Waals surface area contributed by atoms with E-state index in [9.17, 15) is 4.79 Å². The molecule has 0 aromatic heterocycles. The number of para-hydroxylation sites is 1. The zero-order chi connectivity index (χ0) is 16.1. The molecule has 0 bridgehead atoms. The van der Waals surface area contributed by atoms with Crippen molar-refractivity contribution in [2.45, 2.75) is 12.8 Å². The van der Waals surface area contributed by atoms with E-state index in [4.69, 9.17) is 4.74 Å². The highest BCUT2D eigenvalue weighted by Gasteiger charge is 2.12. The first-order valence-electron chi connectivity index (χ1n) is 7.77. The Bertz CT molecular complexity index is 744. The highest BCUT2D eigenvalue weighted by Crippen LogP contribution is 2.19. The van der Waals surface area contributed by atoms with Gasteiger partial charge in [-0.05, 0) is 17.7 Å². The molecule has 4 nitrogen and oxygen atoms in total. The molecule has 24 heavy (non-hydrogen) atoms. The Morgan fingerprint density at radius 3 is 2.75 bits per heavy atom. The van der Waals surface area contributed by atoms with Gasteiger partial charge in [0.15, 0.2) is 0 Å². The Labute approximate surface area is 148 Å². The van der Waals surface area contributed by atoms with Crippen molar-refractivity contribution in [1.82, 2.24) is 5.32 Å². The number of nitrogens with one attached hydrogen (secondary N) is 1. The second-order valence-electron chi connectivity index (χ2n) is 5.56. The quantitative estimate of drug-likeness (QED) is 0.876. The molecule has 0 unspecified atom stereocenters. The Morgan fingerprint density at radius 1 is 1.17 bits per heavy atom. The third-order valence-electron chi connectivity index (χ3n) is 3.86. The number of amidine groups is 1. The summed E-state index contributed by atoms with van der Waals surface area (Å²) in [4.78, 5) is 16.8. The lowest BCUT2D eigenvalue weighted by Gasteiger charge is -2.08. The highest BCUT2D eigenvalue weighted by atomic mass is 35.5. The van der Waals surface area contributed by atoms with Crippen LogP contribution in [-0.4, -0.2) is 31.8 Å². The molecule has 3 rings (SSSR count). The molecule has 2 aromatic rings. The fourth-order valence-corrected chi connectivity index (χ4v) is 2.77. The zero-order valence-electron chi connectivity index (χ0n) is 13.6. The van der Waals surface area contributed by atoms with Gasteiger partial charge in [-0.2, -0.15) is 0 Å². The molecule has 0 amide bonds. The lowest BCUT2D eigenvalue weighted by Crippen LogP contribution is -2.19. The minimum atomic E-state index is 0. The van der Waals surface area contributed by atoms with Crippen molar-refractivity contribution < 1.29 is 9.53 Å². The number of benzene rings is 2. The average Bonchev–Trinajstić information content (AvgIpc) is 3.10. The van der Waals surface area contributed by atoms with Crippen LogP contribution in [0.1, 0.15) is 16.7 Å². The van der Waals surface area contributed by atoms with Gasteiger partial charge < -0.3 is 10.1 Å². The summed E-state index contributed by atoms with van der Waals surface area (Å²) < 4.78 is 5.31. The molecule has 2 aromatic carbocycles. The number of hydrogen-bond donors (Lipinski definition) is 1. The van der Waals surface area contributed by atoms with Crippen molar-refractivity contribution in [3.8, 4) is 5.75 Å².